The number of benzene rings is 2. The SMILES string of the molecule is Cc1cc(C)cc(NC(=O)Cn2nc3c4cc(-c5ccc(C(C)C)cc5)nn4ccn3c2=O)c1. The van der Waals surface area contributed by atoms with Crippen LogP contribution in [0.5, 0.6) is 0 Å². The molecule has 1 N–H and O–H groups in total. The minimum Gasteiger partial charge on any atom is -0.324 e. The van der Waals surface area contributed by atoms with Gasteiger partial charge in [-0.05, 0) is 54.7 Å². The fourth-order valence-corrected chi connectivity index (χ4v) is 4.20. The van der Waals surface area contributed by atoms with Crippen molar-refractivity contribution in [2.45, 2.75) is 40.2 Å². The lowest BCUT2D eigenvalue weighted by atomic mass is 10.0. The molecule has 34 heavy (non-hydrogen) atoms. The number of anilines is 1. The zero-order chi connectivity index (χ0) is 24.0. The van der Waals surface area contributed by atoms with Crippen LogP contribution in [0, 0.1) is 13.8 Å². The summed E-state index contributed by atoms with van der Waals surface area (Å²) in [6, 6.07) is 16.0. The lowest BCUT2D eigenvalue weighted by Gasteiger charge is -2.07. The summed E-state index contributed by atoms with van der Waals surface area (Å²) in [5.74, 6) is 0.142. The van der Waals surface area contributed by atoms with Crippen molar-refractivity contribution in [3.8, 4) is 11.3 Å². The van der Waals surface area contributed by atoms with Gasteiger partial charge in [0.1, 0.15) is 12.1 Å². The number of amides is 1. The molecule has 0 aliphatic heterocycles. The zero-order valence-corrected chi connectivity index (χ0v) is 19.6. The Bertz CT molecular complexity index is 1570. The van der Waals surface area contributed by atoms with Crippen molar-refractivity contribution in [1.29, 1.82) is 0 Å². The van der Waals surface area contributed by atoms with E-state index in [2.05, 4.69) is 53.6 Å². The molecule has 0 bridgehead atoms. The minimum absolute atomic E-state index is 0.183. The molecule has 0 unspecified atom stereocenters. The number of aryl methyl sites for hydroxylation is 2. The summed E-state index contributed by atoms with van der Waals surface area (Å²) >= 11 is 0. The van der Waals surface area contributed by atoms with Gasteiger partial charge in [-0.25, -0.2) is 18.4 Å². The molecule has 3 aromatic heterocycles. The van der Waals surface area contributed by atoms with Gasteiger partial charge in [-0.1, -0.05) is 44.2 Å². The number of carbonyl (C=O) groups excluding carboxylic acids is 1. The molecule has 3 heterocycles. The Morgan fingerprint density at radius 3 is 2.35 bits per heavy atom. The number of nitrogens with one attached hydrogen (secondary N) is 1. The highest BCUT2D eigenvalue weighted by Gasteiger charge is 2.16. The smallest absolute Gasteiger partial charge is 0.324 e. The number of aromatic nitrogens is 5. The monoisotopic (exact) mass is 454 g/mol. The van der Waals surface area contributed by atoms with E-state index in [-0.39, 0.29) is 18.1 Å². The summed E-state index contributed by atoms with van der Waals surface area (Å²) in [5, 5.41) is 12.0. The van der Waals surface area contributed by atoms with E-state index in [9.17, 15) is 9.59 Å². The third-order valence-corrected chi connectivity index (χ3v) is 5.86. The lowest BCUT2D eigenvalue weighted by molar-refractivity contribution is -0.117. The largest absolute Gasteiger partial charge is 0.350 e. The van der Waals surface area contributed by atoms with E-state index in [0.717, 1.165) is 22.4 Å². The number of hydrogen-bond donors (Lipinski definition) is 1. The van der Waals surface area contributed by atoms with Crippen LogP contribution in [-0.2, 0) is 11.3 Å². The predicted molar refractivity (Wildman–Crippen MR) is 132 cm³/mol. The summed E-state index contributed by atoms with van der Waals surface area (Å²) in [6.45, 7) is 8.08. The van der Waals surface area contributed by atoms with Crippen molar-refractivity contribution in [2.75, 3.05) is 5.32 Å². The van der Waals surface area contributed by atoms with Crippen molar-refractivity contribution >= 4 is 22.8 Å². The minimum atomic E-state index is -0.378. The van der Waals surface area contributed by atoms with Gasteiger partial charge in [0, 0.05) is 23.6 Å². The second kappa shape index (κ2) is 8.30. The predicted octanol–water partition coefficient (Wildman–Crippen LogP) is 4.19. The van der Waals surface area contributed by atoms with Crippen LogP contribution in [0.3, 0.4) is 0 Å². The highest BCUT2D eigenvalue weighted by Crippen LogP contribution is 2.24. The Hall–Kier alpha value is -4.20. The fraction of sp³-hybridized carbons (Fsp3) is 0.231. The molecule has 0 atom stereocenters. The molecule has 2 aromatic carbocycles. The van der Waals surface area contributed by atoms with Gasteiger partial charge in [0.15, 0.2) is 5.65 Å². The van der Waals surface area contributed by atoms with E-state index in [0.29, 0.717) is 22.8 Å². The molecule has 8 nitrogen and oxygen atoms in total. The van der Waals surface area contributed by atoms with Gasteiger partial charge in [0.25, 0.3) is 0 Å². The maximum absolute atomic E-state index is 12.9. The average Bonchev–Trinajstić information content (AvgIpc) is 3.34. The molecule has 0 spiro atoms. The van der Waals surface area contributed by atoms with Crippen LogP contribution in [0.1, 0.15) is 36.5 Å². The number of rotatable bonds is 5. The molecule has 1 amide bonds. The van der Waals surface area contributed by atoms with Gasteiger partial charge in [-0.3, -0.25) is 4.79 Å². The second-order valence-corrected chi connectivity index (χ2v) is 8.99. The first-order chi connectivity index (χ1) is 16.3. The molecule has 172 valence electrons. The highest BCUT2D eigenvalue weighted by atomic mass is 16.2. The third kappa shape index (κ3) is 3.98. The van der Waals surface area contributed by atoms with Crippen molar-refractivity contribution in [3.05, 3.63) is 88.1 Å². The first-order valence-corrected chi connectivity index (χ1v) is 11.2. The van der Waals surface area contributed by atoms with Crippen LogP contribution in [-0.4, -0.2) is 29.7 Å². The molecular formula is C26H26N6O2. The molecule has 0 fully saturated rings. The highest BCUT2D eigenvalue weighted by molar-refractivity contribution is 5.90. The Morgan fingerprint density at radius 1 is 0.971 bits per heavy atom. The maximum Gasteiger partial charge on any atom is 0.350 e. The lowest BCUT2D eigenvalue weighted by Crippen LogP contribution is -2.28. The van der Waals surface area contributed by atoms with Crippen LogP contribution in [0.2, 0.25) is 0 Å². The molecule has 0 aliphatic carbocycles. The summed E-state index contributed by atoms with van der Waals surface area (Å²) in [7, 11) is 0. The van der Waals surface area contributed by atoms with E-state index in [1.165, 1.54) is 14.6 Å². The number of fused-ring (bicyclic) bond motifs is 3. The van der Waals surface area contributed by atoms with Crippen molar-refractivity contribution < 1.29 is 4.79 Å². The summed E-state index contributed by atoms with van der Waals surface area (Å²) < 4.78 is 4.32. The Morgan fingerprint density at radius 2 is 1.68 bits per heavy atom. The van der Waals surface area contributed by atoms with E-state index in [1.54, 1.807) is 16.9 Å². The molecule has 0 radical (unpaired) electrons. The van der Waals surface area contributed by atoms with Gasteiger partial charge in [0.2, 0.25) is 5.91 Å². The number of hydrogen-bond acceptors (Lipinski definition) is 4. The Kier molecular flexibility index (Phi) is 5.28. The van der Waals surface area contributed by atoms with E-state index < -0.39 is 0 Å². The van der Waals surface area contributed by atoms with E-state index in [4.69, 9.17) is 0 Å². The standard InChI is InChI=1S/C26H26N6O2/c1-16(2)19-5-7-20(8-6-19)22-14-23-25-29-32(26(34)30(25)9-10-31(23)28-22)15-24(33)27-21-12-17(3)11-18(4)13-21/h5-14,16H,15H2,1-4H3,(H,27,33). The van der Waals surface area contributed by atoms with Gasteiger partial charge >= 0.3 is 5.69 Å². The van der Waals surface area contributed by atoms with Crippen LogP contribution in [0.4, 0.5) is 5.69 Å². The first kappa shape index (κ1) is 21.6. The van der Waals surface area contributed by atoms with Gasteiger partial charge < -0.3 is 5.32 Å². The topological polar surface area (TPSA) is 85.7 Å². The second-order valence-electron chi connectivity index (χ2n) is 8.99. The summed E-state index contributed by atoms with van der Waals surface area (Å²) in [5.41, 5.74) is 6.61. The molecule has 0 saturated heterocycles. The van der Waals surface area contributed by atoms with Crippen LogP contribution in [0.15, 0.2) is 65.7 Å². The van der Waals surface area contributed by atoms with Crippen LogP contribution in [0.25, 0.3) is 22.4 Å². The molecule has 0 aliphatic rings. The Balaban J connectivity index is 1.46. The van der Waals surface area contributed by atoms with E-state index >= 15 is 0 Å². The van der Waals surface area contributed by atoms with Gasteiger partial charge in [0.05, 0.1) is 5.69 Å². The fourth-order valence-electron chi connectivity index (χ4n) is 4.20. The van der Waals surface area contributed by atoms with Crippen LogP contribution >= 0.6 is 0 Å². The molecular weight excluding hydrogens is 428 g/mol. The summed E-state index contributed by atoms with van der Waals surface area (Å²) in [4.78, 5) is 25.5. The molecule has 8 heteroatoms. The van der Waals surface area contributed by atoms with Gasteiger partial charge in [-0.2, -0.15) is 5.10 Å². The maximum atomic E-state index is 12.9. The Labute approximate surface area is 196 Å². The molecule has 5 rings (SSSR count). The first-order valence-electron chi connectivity index (χ1n) is 11.2. The van der Waals surface area contributed by atoms with Crippen molar-refractivity contribution in [2.24, 2.45) is 0 Å². The molecule has 5 aromatic rings. The number of carbonyl (C=O) groups is 1. The normalized spacial score (nSPS) is 11.6. The van der Waals surface area contributed by atoms with Crippen LogP contribution < -0.4 is 11.0 Å². The summed E-state index contributed by atoms with van der Waals surface area (Å²) in [6.07, 6.45) is 3.34. The van der Waals surface area contributed by atoms with Crippen molar-refractivity contribution in [3.63, 3.8) is 0 Å². The average molecular weight is 455 g/mol. The van der Waals surface area contributed by atoms with Crippen molar-refractivity contribution in [1.82, 2.24) is 23.8 Å². The zero-order valence-electron chi connectivity index (χ0n) is 19.6. The van der Waals surface area contributed by atoms with E-state index in [1.807, 2.05) is 38.1 Å². The quantitative estimate of drug-likeness (QED) is 0.432. The van der Waals surface area contributed by atoms with Gasteiger partial charge in [-0.15, -0.1) is 5.10 Å². The number of nitrogens with zero attached hydrogens (tertiary/aromatic N) is 5. The third-order valence-electron chi connectivity index (χ3n) is 5.86. The molecule has 0 saturated carbocycles.